The van der Waals surface area contributed by atoms with E-state index in [0.717, 1.165) is 35.6 Å². The Morgan fingerprint density at radius 2 is 1.97 bits per heavy atom. The number of fused-ring (bicyclic) bond motifs is 1. The van der Waals surface area contributed by atoms with Gasteiger partial charge in [-0.05, 0) is 29.2 Å². The Morgan fingerprint density at radius 3 is 2.77 bits per heavy atom. The van der Waals surface area contributed by atoms with Gasteiger partial charge in [-0.2, -0.15) is 0 Å². The molecule has 0 amide bonds. The summed E-state index contributed by atoms with van der Waals surface area (Å²) in [6.45, 7) is 2.54. The van der Waals surface area contributed by atoms with Gasteiger partial charge in [0.05, 0.1) is 11.3 Å². The van der Waals surface area contributed by atoms with Crippen LogP contribution in [-0.2, 0) is 24.1 Å². The Morgan fingerprint density at radius 1 is 1.17 bits per heavy atom. The van der Waals surface area contributed by atoms with Gasteiger partial charge < -0.3 is 30.4 Å². The van der Waals surface area contributed by atoms with Gasteiger partial charge >= 0.3 is 4.87 Å². The third-order valence-corrected chi connectivity index (χ3v) is 5.66. The molecule has 1 heterocycles. The number of nitrogens with one attached hydrogen (secondary N) is 3. The lowest BCUT2D eigenvalue weighted by Gasteiger charge is -2.23. The van der Waals surface area contributed by atoms with Gasteiger partial charge in [0.1, 0.15) is 11.3 Å². The molecule has 0 bridgehead atoms. The van der Waals surface area contributed by atoms with Crippen molar-refractivity contribution in [2.24, 2.45) is 0 Å². The molecule has 1 aromatic heterocycles. The van der Waals surface area contributed by atoms with E-state index in [-0.39, 0.29) is 17.0 Å². The molecule has 0 saturated carbocycles. The summed E-state index contributed by atoms with van der Waals surface area (Å²) in [5.74, 6) is -2.19. The van der Waals surface area contributed by atoms with Crippen molar-refractivity contribution < 1.29 is 20.1 Å². The van der Waals surface area contributed by atoms with Crippen LogP contribution < -0.4 is 15.5 Å². The summed E-state index contributed by atoms with van der Waals surface area (Å²) in [5, 5.41) is 36.7. The SMILES string of the molecule is COCCNCc1cccc(CCNC(O)(O)Cc2ccc(O)c3[nH]c(=O)sc23)c1. The Balaban J connectivity index is 1.56. The molecule has 0 spiro atoms. The molecule has 0 fully saturated rings. The Bertz CT molecular complexity index is 1030. The van der Waals surface area contributed by atoms with Gasteiger partial charge in [0.25, 0.3) is 0 Å². The zero-order chi connectivity index (χ0) is 21.6. The summed E-state index contributed by atoms with van der Waals surface area (Å²) in [5.41, 5.74) is 3.11. The fourth-order valence-electron chi connectivity index (χ4n) is 3.25. The number of ether oxygens (including phenoxy) is 1. The maximum absolute atomic E-state index is 11.6. The van der Waals surface area contributed by atoms with E-state index in [1.165, 1.54) is 6.07 Å². The van der Waals surface area contributed by atoms with Crippen molar-refractivity contribution >= 4 is 21.6 Å². The Labute approximate surface area is 178 Å². The third kappa shape index (κ3) is 6.11. The maximum atomic E-state index is 11.6. The number of rotatable bonds is 11. The minimum absolute atomic E-state index is 0.0434. The van der Waals surface area contributed by atoms with E-state index in [1.54, 1.807) is 13.2 Å². The lowest BCUT2D eigenvalue weighted by Crippen LogP contribution is -2.47. The lowest BCUT2D eigenvalue weighted by atomic mass is 10.1. The summed E-state index contributed by atoms with van der Waals surface area (Å²) in [6, 6.07) is 11.1. The number of aromatic amines is 1. The van der Waals surface area contributed by atoms with Gasteiger partial charge in [-0.3, -0.25) is 10.1 Å². The Kier molecular flexibility index (Phi) is 7.59. The van der Waals surface area contributed by atoms with Crippen LogP contribution in [0.4, 0.5) is 0 Å². The van der Waals surface area contributed by atoms with Crippen molar-refractivity contribution in [1.82, 2.24) is 15.6 Å². The highest BCUT2D eigenvalue weighted by atomic mass is 32.1. The fraction of sp³-hybridized carbons (Fsp3) is 0.381. The maximum Gasteiger partial charge on any atom is 0.305 e. The molecule has 162 valence electrons. The predicted molar refractivity (Wildman–Crippen MR) is 117 cm³/mol. The zero-order valence-corrected chi connectivity index (χ0v) is 17.6. The van der Waals surface area contributed by atoms with Gasteiger partial charge in [0.15, 0.2) is 0 Å². The van der Waals surface area contributed by atoms with Crippen molar-refractivity contribution in [3.8, 4) is 5.75 Å². The van der Waals surface area contributed by atoms with E-state index in [2.05, 4.69) is 21.7 Å². The van der Waals surface area contributed by atoms with E-state index in [0.29, 0.717) is 35.4 Å². The molecule has 0 unspecified atom stereocenters. The van der Waals surface area contributed by atoms with E-state index in [1.807, 2.05) is 18.2 Å². The molecular weight excluding hydrogens is 406 g/mol. The average Bonchev–Trinajstić information content (AvgIpc) is 3.10. The second-order valence-electron chi connectivity index (χ2n) is 7.12. The second kappa shape index (κ2) is 10.2. The van der Waals surface area contributed by atoms with Gasteiger partial charge in [-0.25, -0.2) is 0 Å². The summed E-state index contributed by atoms with van der Waals surface area (Å²) in [7, 11) is 1.67. The van der Waals surface area contributed by atoms with Crippen molar-refractivity contribution in [2.75, 3.05) is 26.8 Å². The first-order chi connectivity index (χ1) is 14.4. The summed E-state index contributed by atoms with van der Waals surface area (Å²) >= 11 is 0.930. The minimum atomic E-state index is -2.14. The van der Waals surface area contributed by atoms with Crippen LogP contribution in [-0.4, -0.2) is 53.0 Å². The molecule has 0 radical (unpaired) electrons. The smallest absolute Gasteiger partial charge is 0.305 e. The predicted octanol–water partition coefficient (Wildman–Crippen LogP) is 1.04. The van der Waals surface area contributed by atoms with Gasteiger partial charge in [0, 0.05) is 33.2 Å². The van der Waals surface area contributed by atoms with Crippen LogP contribution >= 0.6 is 11.3 Å². The quantitative estimate of drug-likeness (QED) is 0.197. The highest BCUT2D eigenvalue weighted by Gasteiger charge is 2.25. The molecule has 0 aliphatic heterocycles. The minimum Gasteiger partial charge on any atom is -0.506 e. The third-order valence-electron chi connectivity index (χ3n) is 4.70. The number of thiazole rings is 1. The van der Waals surface area contributed by atoms with E-state index >= 15 is 0 Å². The topological polar surface area (TPSA) is 127 Å². The number of phenols is 1. The van der Waals surface area contributed by atoms with Crippen LogP contribution in [0.2, 0.25) is 0 Å². The standard InChI is InChI=1S/C21H27N3O5S/c1-29-10-9-22-13-15-4-2-3-14(11-15)7-8-23-21(27,28)12-16-5-6-17(25)18-19(16)30-20(26)24-18/h2-6,11,22-23,25,27-28H,7-10,12-13H2,1H3,(H,24,26). The number of phenolic OH excluding ortho intramolecular Hbond substituents is 1. The zero-order valence-electron chi connectivity index (χ0n) is 16.8. The molecule has 8 nitrogen and oxygen atoms in total. The average molecular weight is 434 g/mol. The monoisotopic (exact) mass is 433 g/mol. The van der Waals surface area contributed by atoms with Gasteiger partial charge in [-0.1, -0.05) is 41.7 Å². The number of aromatic hydroxyl groups is 1. The fourth-order valence-corrected chi connectivity index (χ4v) is 4.12. The lowest BCUT2D eigenvalue weighted by molar-refractivity contribution is -0.183. The van der Waals surface area contributed by atoms with Crippen molar-refractivity contribution in [3.63, 3.8) is 0 Å². The molecule has 30 heavy (non-hydrogen) atoms. The largest absolute Gasteiger partial charge is 0.506 e. The van der Waals surface area contributed by atoms with Crippen LogP contribution in [0.5, 0.6) is 5.75 Å². The van der Waals surface area contributed by atoms with E-state index < -0.39 is 5.91 Å². The number of aromatic nitrogens is 1. The first kappa shape index (κ1) is 22.4. The van der Waals surface area contributed by atoms with E-state index in [9.17, 15) is 20.1 Å². The highest BCUT2D eigenvalue weighted by molar-refractivity contribution is 7.16. The van der Waals surface area contributed by atoms with Crippen LogP contribution in [0.15, 0.2) is 41.2 Å². The summed E-state index contributed by atoms with van der Waals surface area (Å²) in [4.78, 5) is 13.9. The second-order valence-corrected chi connectivity index (χ2v) is 8.11. The van der Waals surface area contributed by atoms with E-state index in [4.69, 9.17) is 4.74 Å². The molecule has 0 aliphatic rings. The highest BCUT2D eigenvalue weighted by Crippen LogP contribution is 2.29. The molecule has 0 aliphatic carbocycles. The number of H-pyrrole nitrogens is 1. The summed E-state index contributed by atoms with van der Waals surface area (Å²) < 4.78 is 5.53. The Hall–Kier alpha value is -2.27. The van der Waals surface area contributed by atoms with Gasteiger partial charge in [-0.15, -0.1) is 0 Å². The van der Waals surface area contributed by atoms with Crippen LogP contribution in [0.3, 0.4) is 0 Å². The molecule has 6 N–H and O–H groups in total. The molecule has 0 saturated heterocycles. The summed E-state index contributed by atoms with van der Waals surface area (Å²) in [6.07, 6.45) is 0.498. The van der Waals surface area contributed by atoms with Crippen molar-refractivity contribution in [2.45, 2.75) is 25.3 Å². The molecule has 0 atom stereocenters. The van der Waals surface area contributed by atoms with Crippen LogP contribution in [0, 0.1) is 0 Å². The number of methoxy groups -OCH3 is 1. The molecule has 3 rings (SSSR count). The van der Waals surface area contributed by atoms with Crippen LogP contribution in [0.25, 0.3) is 10.2 Å². The van der Waals surface area contributed by atoms with Crippen molar-refractivity contribution in [1.29, 1.82) is 0 Å². The normalized spacial score (nSPS) is 12.0. The molecule has 2 aromatic carbocycles. The first-order valence-corrected chi connectivity index (χ1v) is 10.5. The first-order valence-electron chi connectivity index (χ1n) is 9.69. The van der Waals surface area contributed by atoms with Gasteiger partial charge in [0.2, 0.25) is 5.91 Å². The molecular formula is C21H27N3O5S. The molecule has 9 heteroatoms. The molecule has 3 aromatic rings. The van der Waals surface area contributed by atoms with Crippen molar-refractivity contribution in [3.05, 3.63) is 62.8 Å². The number of hydrogen-bond donors (Lipinski definition) is 6. The van der Waals surface area contributed by atoms with Crippen LogP contribution in [0.1, 0.15) is 16.7 Å². The number of benzene rings is 2. The number of hydrogen-bond acceptors (Lipinski definition) is 8. The number of aliphatic hydroxyl groups is 2.